The number of ether oxygens (including phenoxy) is 2. The number of hydrogen-bond donors (Lipinski definition) is 2. The zero-order valence-electron chi connectivity index (χ0n) is 19.1. The lowest BCUT2D eigenvalue weighted by molar-refractivity contribution is -0.190. The first-order chi connectivity index (χ1) is 14.8. The number of aliphatic hydroxyl groups excluding tert-OH is 1. The molecule has 9 heteroatoms. The number of carbonyl (C=O) groups is 1. The van der Waals surface area contributed by atoms with Crippen molar-refractivity contribution < 1.29 is 32.5 Å². The fraction of sp³-hybridized carbons (Fsp3) is 0.609. The molecule has 0 bridgehead atoms. The minimum absolute atomic E-state index is 0.310. The van der Waals surface area contributed by atoms with Crippen LogP contribution in [0.15, 0.2) is 17.9 Å². The molecule has 32 heavy (non-hydrogen) atoms. The lowest BCUT2D eigenvalue weighted by atomic mass is 9.78. The number of alkyl halides is 3. The van der Waals surface area contributed by atoms with Gasteiger partial charge in [-0.2, -0.15) is 13.2 Å². The van der Waals surface area contributed by atoms with Gasteiger partial charge in [0, 0.05) is 0 Å². The van der Waals surface area contributed by atoms with Crippen molar-refractivity contribution in [3.63, 3.8) is 0 Å². The van der Waals surface area contributed by atoms with Crippen molar-refractivity contribution in [1.29, 1.82) is 0 Å². The first-order valence-corrected chi connectivity index (χ1v) is 10.7. The molecule has 1 aromatic carbocycles. The second-order valence-corrected chi connectivity index (χ2v) is 9.05. The van der Waals surface area contributed by atoms with Gasteiger partial charge in [0.25, 0.3) is 12.3 Å². The highest BCUT2D eigenvalue weighted by Gasteiger charge is 2.50. The Morgan fingerprint density at radius 2 is 1.75 bits per heavy atom. The summed E-state index contributed by atoms with van der Waals surface area (Å²) in [6.07, 6.45) is -4.84. The number of nitrogens with zero attached hydrogens (tertiary/aromatic N) is 1. The molecule has 1 heterocycles. The average molecular weight is 457 g/mol. The molecule has 2 N–H and O–H groups in total. The Hall–Kier alpha value is -2.10. The summed E-state index contributed by atoms with van der Waals surface area (Å²) in [6.45, 7) is 4.53. The molecule has 1 aliphatic heterocycles. The van der Waals surface area contributed by atoms with Crippen LogP contribution in [0.3, 0.4) is 0 Å². The molecule has 3 rings (SSSR count). The third-order valence-electron chi connectivity index (χ3n) is 6.10. The number of benzene rings is 1. The van der Waals surface area contributed by atoms with Crippen molar-refractivity contribution in [3.05, 3.63) is 40.1 Å². The Morgan fingerprint density at radius 1 is 1.19 bits per heavy atom. The van der Waals surface area contributed by atoms with E-state index in [1.165, 1.54) is 4.90 Å². The lowest BCUT2D eigenvalue weighted by Gasteiger charge is -2.39. The van der Waals surface area contributed by atoms with Gasteiger partial charge in [-0.3, -0.25) is 9.69 Å². The summed E-state index contributed by atoms with van der Waals surface area (Å²) >= 11 is 0. The molecule has 1 aliphatic carbocycles. The van der Waals surface area contributed by atoms with Crippen LogP contribution in [0, 0.1) is 20.8 Å². The van der Waals surface area contributed by atoms with Crippen molar-refractivity contribution >= 4 is 11.5 Å². The first kappa shape index (κ1) is 24.5. The second-order valence-electron chi connectivity index (χ2n) is 9.05. The van der Waals surface area contributed by atoms with Gasteiger partial charge < -0.3 is 19.9 Å². The van der Waals surface area contributed by atoms with Crippen LogP contribution in [0.1, 0.15) is 47.9 Å². The van der Waals surface area contributed by atoms with E-state index in [0.717, 1.165) is 22.3 Å². The largest absolute Gasteiger partial charge is 0.452 e. The summed E-state index contributed by atoms with van der Waals surface area (Å²) in [5.41, 5.74) is 3.11. The van der Waals surface area contributed by atoms with Crippen molar-refractivity contribution in [3.8, 4) is 0 Å². The maximum atomic E-state index is 13.2. The predicted octanol–water partition coefficient (Wildman–Crippen LogP) is 3.57. The van der Waals surface area contributed by atoms with Crippen molar-refractivity contribution in [1.82, 2.24) is 10.2 Å². The number of amides is 1. The van der Waals surface area contributed by atoms with E-state index in [4.69, 9.17) is 9.47 Å². The molecule has 1 spiro atoms. The predicted molar refractivity (Wildman–Crippen MR) is 113 cm³/mol. The van der Waals surface area contributed by atoms with Crippen LogP contribution in [0.2, 0.25) is 0 Å². The van der Waals surface area contributed by atoms with Crippen molar-refractivity contribution in [2.75, 3.05) is 20.7 Å². The minimum atomic E-state index is -4.38. The Bertz CT molecular complexity index is 880. The summed E-state index contributed by atoms with van der Waals surface area (Å²) in [6, 6.07) is 3.96. The molecule has 1 amide bonds. The van der Waals surface area contributed by atoms with Crippen LogP contribution in [0.4, 0.5) is 13.2 Å². The highest BCUT2D eigenvalue weighted by atomic mass is 19.4. The molecule has 1 atom stereocenters. The van der Waals surface area contributed by atoms with Crippen LogP contribution in [-0.4, -0.2) is 60.8 Å². The molecule has 1 fully saturated rings. The van der Waals surface area contributed by atoms with E-state index in [1.807, 2.05) is 32.9 Å². The van der Waals surface area contributed by atoms with Gasteiger partial charge in [-0.25, -0.2) is 0 Å². The van der Waals surface area contributed by atoms with Gasteiger partial charge in [-0.05, 0) is 77.2 Å². The van der Waals surface area contributed by atoms with Crippen LogP contribution in [0.5, 0.6) is 0 Å². The van der Waals surface area contributed by atoms with Crippen LogP contribution in [-0.2, 0) is 14.3 Å². The van der Waals surface area contributed by atoms with Gasteiger partial charge in [-0.15, -0.1) is 0 Å². The number of rotatable bonds is 6. The normalized spacial score (nSPS) is 24.9. The number of halogens is 3. The summed E-state index contributed by atoms with van der Waals surface area (Å²) in [7, 11) is 3.29. The average Bonchev–Trinajstić information content (AvgIpc) is 2.91. The Kier molecular flexibility index (Phi) is 6.93. The molecule has 0 saturated heterocycles. The van der Waals surface area contributed by atoms with Gasteiger partial charge in [-0.1, -0.05) is 17.7 Å². The zero-order chi connectivity index (χ0) is 23.8. The van der Waals surface area contributed by atoms with Crippen molar-refractivity contribution in [2.45, 2.75) is 70.7 Å². The minimum Gasteiger partial charge on any atom is -0.452 e. The SMILES string of the molecule is Cc1cc(C)c(C2=C(OC(O)N(C)C)C3(CCC(OCC(F)(F)F)CC3)NC2=O)c(C)c1. The first-order valence-electron chi connectivity index (χ1n) is 10.7. The van der Waals surface area contributed by atoms with E-state index < -0.39 is 30.8 Å². The number of nitrogens with one attached hydrogen (secondary N) is 1. The molecule has 2 aliphatic rings. The topological polar surface area (TPSA) is 71.0 Å². The van der Waals surface area contributed by atoms with Crippen LogP contribution in [0.25, 0.3) is 5.57 Å². The third-order valence-corrected chi connectivity index (χ3v) is 6.10. The number of aliphatic hydroxyl groups is 1. The Morgan fingerprint density at radius 3 is 2.25 bits per heavy atom. The highest BCUT2D eigenvalue weighted by molar-refractivity contribution is 6.24. The number of carbonyl (C=O) groups excluding carboxylic acids is 1. The van der Waals surface area contributed by atoms with E-state index in [1.54, 1.807) is 14.1 Å². The van der Waals surface area contributed by atoms with E-state index in [2.05, 4.69) is 5.32 Å². The van der Waals surface area contributed by atoms with Gasteiger partial charge >= 0.3 is 6.18 Å². The monoisotopic (exact) mass is 456 g/mol. The Labute approximate surface area is 186 Å². The summed E-state index contributed by atoms with van der Waals surface area (Å²) in [5, 5.41) is 13.5. The Balaban J connectivity index is 1.98. The van der Waals surface area contributed by atoms with Crippen molar-refractivity contribution in [2.24, 2.45) is 0 Å². The van der Waals surface area contributed by atoms with Gasteiger partial charge in [0.05, 0.1) is 17.2 Å². The molecular formula is C23H31F3N2O4. The zero-order valence-corrected chi connectivity index (χ0v) is 19.1. The van der Waals surface area contributed by atoms with Gasteiger partial charge in [0.15, 0.2) is 0 Å². The fourth-order valence-electron chi connectivity index (χ4n) is 4.68. The van der Waals surface area contributed by atoms with E-state index >= 15 is 0 Å². The van der Waals surface area contributed by atoms with Crippen LogP contribution >= 0.6 is 0 Å². The molecule has 0 radical (unpaired) electrons. The van der Waals surface area contributed by atoms with E-state index in [-0.39, 0.29) is 5.91 Å². The molecule has 1 aromatic rings. The molecule has 1 unspecified atom stereocenters. The smallest absolute Gasteiger partial charge is 0.411 e. The standard InChI is InChI=1S/C23H31F3N2O4/c1-13-10-14(2)17(15(3)11-13)18-19(32-21(30)28(4)5)22(27-20(18)29)8-6-16(7-9-22)31-12-23(24,25)26/h10-11,16,21,30H,6-9,12H2,1-5H3,(H,27,29). The number of hydrogen-bond acceptors (Lipinski definition) is 5. The summed E-state index contributed by atoms with van der Waals surface area (Å²) in [4.78, 5) is 14.7. The quantitative estimate of drug-likeness (QED) is 0.641. The van der Waals surface area contributed by atoms with E-state index in [9.17, 15) is 23.1 Å². The maximum Gasteiger partial charge on any atom is 0.411 e. The van der Waals surface area contributed by atoms with E-state index in [0.29, 0.717) is 37.0 Å². The molecule has 178 valence electrons. The van der Waals surface area contributed by atoms with Crippen LogP contribution < -0.4 is 5.32 Å². The highest BCUT2D eigenvalue weighted by Crippen LogP contribution is 2.45. The maximum absolute atomic E-state index is 13.2. The molecular weight excluding hydrogens is 425 g/mol. The summed E-state index contributed by atoms with van der Waals surface area (Å²) in [5.74, 6) is 0.0312. The molecule has 1 saturated carbocycles. The molecule has 0 aromatic heterocycles. The lowest BCUT2D eigenvalue weighted by Crippen LogP contribution is -2.50. The third kappa shape index (κ3) is 5.10. The second kappa shape index (κ2) is 9.03. The van der Waals surface area contributed by atoms with Gasteiger partial charge in [0.1, 0.15) is 12.4 Å². The fourth-order valence-corrected chi connectivity index (χ4v) is 4.68. The molecule has 6 nitrogen and oxygen atoms in total. The summed E-state index contributed by atoms with van der Waals surface area (Å²) < 4.78 is 48.6. The van der Waals surface area contributed by atoms with Gasteiger partial charge in [0.2, 0.25) is 0 Å². The number of aryl methyl sites for hydroxylation is 3.